The Morgan fingerprint density at radius 3 is 2.41 bits per heavy atom. The van der Waals surface area contributed by atoms with Crippen LogP contribution in [0.2, 0.25) is 5.02 Å². The zero-order chi connectivity index (χ0) is 19.2. The summed E-state index contributed by atoms with van der Waals surface area (Å²) in [5.41, 5.74) is 1.08. The molecule has 2 atom stereocenters. The number of rotatable bonds is 3. The van der Waals surface area contributed by atoms with Crippen LogP contribution in [0.3, 0.4) is 0 Å². The van der Waals surface area contributed by atoms with E-state index in [2.05, 4.69) is 0 Å². The maximum atomic E-state index is 14.1. The van der Waals surface area contributed by atoms with E-state index < -0.39 is 15.9 Å². The summed E-state index contributed by atoms with van der Waals surface area (Å²) in [6.45, 7) is 0.233. The number of fused-ring (bicyclic) bond motifs is 1. The van der Waals surface area contributed by atoms with Gasteiger partial charge in [-0.15, -0.1) is 0 Å². The summed E-state index contributed by atoms with van der Waals surface area (Å²) in [6.07, 6.45) is 0. The van der Waals surface area contributed by atoms with Crippen molar-refractivity contribution in [3.8, 4) is 0 Å². The van der Waals surface area contributed by atoms with Gasteiger partial charge >= 0.3 is 0 Å². The molecule has 2 fully saturated rings. The van der Waals surface area contributed by atoms with Gasteiger partial charge in [0, 0.05) is 28.9 Å². The summed E-state index contributed by atoms with van der Waals surface area (Å²) in [6, 6.07) is 12.3. The lowest BCUT2D eigenvalue weighted by atomic mass is 10.0. The van der Waals surface area contributed by atoms with E-state index in [1.54, 1.807) is 52.3 Å². The molecule has 0 unspecified atom stereocenters. The quantitative estimate of drug-likeness (QED) is 0.783. The molecule has 0 radical (unpaired) electrons. The average Bonchev–Trinajstić information content (AvgIpc) is 2.93. The van der Waals surface area contributed by atoms with Crippen LogP contribution in [0.25, 0.3) is 0 Å². The largest absolute Gasteiger partial charge is 0.306 e. The monoisotopic (exact) mass is 408 g/mol. The molecule has 2 aromatic rings. The fourth-order valence-electron chi connectivity index (χ4n) is 3.91. The van der Waals surface area contributed by atoms with E-state index in [4.69, 9.17) is 11.6 Å². The van der Waals surface area contributed by atoms with E-state index in [0.717, 1.165) is 0 Å². The second kappa shape index (κ2) is 6.89. The Hall–Kier alpha value is -1.96. The highest BCUT2D eigenvalue weighted by Crippen LogP contribution is 2.33. The molecule has 2 aromatic carbocycles. The summed E-state index contributed by atoms with van der Waals surface area (Å²) in [7, 11) is -3.29. The highest BCUT2D eigenvalue weighted by molar-refractivity contribution is 7.91. The molecule has 0 bridgehead atoms. The number of hydrogen-bond acceptors (Lipinski definition) is 4. The van der Waals surface area contributed by atoms with Crippen molar-refractivity contribution >= 4 is 33.0 Å². The molecule has 1 amide bonds. The minimum absolute atomic E-state index is 0.0354. The number of carbonyl (C=O) groups is 1. The number of sulfone groups is 1. The molecule has 5 nitrogen and oxygen atoms in total. The first-order valence-electron chi connectivity index (χ1n) is 8.59. The number of piperazine rings is 1. The molecule has 27 heavy (non-hydrogen) atoms. The van der Waals surface area contributed by atoms with Gasteiger partial charge in [0.2, 0.25) is 5.91 Å². The van der Waals surface area contributed by atoms with Crippen LogP contribution in [-0.4, -0.2) is 49.4 Å². The molecule has 8 heteroatoms. The van der Waals surface area contributed by atoms with E-state index in [1.807, 2.05) is 0 Å². The molecule has 2 aliphatic rings. The Kier molecular flexibility index (Phi) is 4.70. The maximum absolute atomic E-state index is 14.1. The SMILES string of the molecule is O=C1CN(Cc2ccccc2F)[C@@H]2CS(=O)(=O)C[C@@H]2N1c1ccc(Cl)cc1. The van der Waals surface area contributed by atoms with E-state index in [-0.39, 0.29) is 42.4 Å². The van der Waals surface area contributed by atoms with Crippen LogP contribution in [-0.2, 0) is 21.2 Å². The molecule has 0 aromatic heterocycles. The van der Waals surface area contributed by atoms with Crippen LogP contribution in [0.4, 0.5) is 10.1 Å². The summed E-state index contributed by atoms with van der Waals surface area (Å²) in [5, 5.41) is 0.542. The molecule has 0 saturated carbocycles. The van der Waals surface area contributed by atoms with Crippen molar-refractivity contribution in [2.45, 2.75) is 18.6 Å². The van der Waals surface area contributed by atoms with Crippen molar-refractivity contribution in [2.75, 3.05) is 23.0 Å². The zero-order valence-electron chi connectivity index (χ0n) is 14.4. The third-order valence-corrected chi connectivity index (χ3v) is 7.09. The first kappa shape index (κ1) is 18.4. The van der Waals surface area contributed by atoms with Crippen LogP contribution >= 0.6 is 11.6 Å². The van der Waals surface area contributed by atoms with Crippen molar-refractivity contribution in [1.82, 2.24) is 4.90 Å². The van der Waals surface area contributed by atoms with Crippen molar-refractivity contribution < 1.29 is 17.6 Å². The van der Waals surface area contributed by atoms with Gasteiger partial charge in [-0.05, 0) is 30.3 Å². The molecule has 2 heterocycles. The van der Waals surface area contributed by atoms with Crippen molar-refractivity contribution in [2.24, 2.45) is 0 Å². The Bertz CT molecular complexity index is 981. The summed E-state index contributed by atoms with van der Waals surface area (Å²) in [5.74, 6) is -0.696. The normalized spacial score (nSPS) is 24.8. The topological polar surface area (TPSA) is 57.7 Å². The average molecular weight is 409 g/mol. The molecule has 0 aliphatic carbocycles. The lowest BCUT2D eigenvalue weighted by Gasteiger charge is -2.43. The molecular weight excluding hydrogens is 391 g/mol. The minimum Gasteiger partial charge on any atom is -0.306 e. The first-order chi connectivity index (χ1) is 12.8. The molecular formula is C19H18ClFN2O3S. The summed E-state index contributed by atoms with van der Waals surface area (Å²) < 4.78 is 38.7. The number of nitrogens with zero attached hydrogens (tertiary/aromatic N) is 2. The minimum atomic E-state index is -3.29. The summed E-state index contributed by atoms with van der Waals surface area (Å²) in [4.78, 5) is 16.2. The number of anilines is 1. The molecule has 142 valence electrons. The summed E-state index contributed by atoms with van der Waals surface area (Å²) >= 11 is 5.93. The van der Waals surface area contributed by atoms with Gasteiger partial charge in [0.05, 0.1) is 24.1 Å². The fraction of sp³-hybridized carbons (Fsp3) is 0.316. The van der Waals surface area contributed by atoms with Gasteiger partial charge in [0.1, 0.15) is 5.82 Å². The van der Waals surface area contributed by atoms with Gasteiger partial charge in [-0.2, -0.15) is 0 Å². The highest BCUT2D eigenvalue weighted by atomic mass is 35.5. The van der Waals surface area contributed by atoms with Gasteiger partial charge in [0.25, 0.3) is 0 Å². The van der Waals surface area contributed by atoms with E-state index in [9.17, 15) is 17.6 Å². The lowest BCUT2D eigenvalue weighted by molar-refractivity contribution is -0.123. The number of benzene rings is 2. The fourth-order valence-corrected chi connectivity index (χ4v) is 6.02. The van der Waals surface area contributed by atoms with Gasteiger partial charge in [-0.1, -0.05) is 29.8 Å². The molecule has 0 N–H and O–H groups in total. The highest BCUT2D eigenvalue weighted by Gasteiger charge is 2.49. The van der Waals surface area contributed by atoms with Gasteiger partial charge in [-0.3, -0.25) is 9.69 Å². The number of halogens is 2. The van der Waals surface area contributed by atoms with E-state index in [0.29, 0.717) is 16.3 Å². The van der Waals surface area contributed by atoms with Crippen molar-refractivity contribution in [3.05, 3.63) is 64.9 Å². The Morgan fingerprint density at radius 1 is 1.04 bits per heavy atom. The smallest absolute Gasteiger partial charge is 0.241 e. The molecule has 2 aliphatic heterocycles. The lowest BCUT2D eigenvalue weighted by Crippen LogP contribution is -2.61. The number of hydrogen-bond donors (Lipinski definition) is 0. The van der Waals surface area contributed by atoms with Crippen LogP contribution < -0.4 is 4.90 Å². The third kappa shape index (κ3) is 3.59. The molecule has 2 saturated heterocycles. The molecule has 4 rings (SSSR count). The van der Waals surface area contributed by atoms with E-state index >= 15 is 0 Å². The second-order valence-electron chi connectivity index (χ2n) is 6.95. The van der Waals surface area contributed by atoms with Gasteiger partial charge < -0.3 is 4.90 Å². The van der Waals surface area contributed by atoms with Crippen molar-refractivity contribution in [1.29, 1.82) is 0 Å². The van der Waals surface area contributed by atoms with Crippen LogP contribution in [0, 0.1) is 5.82 Å². The standard InChI is InChI=1S/C19H18ClFN2O3S/c20-14-5-7-15(8-6-14)23-18-12-27(25,26)11-17(18)22(10-19(23)24)9-13-3-1-2-4-16(13)21/h1-8,17-18H,9-12H2/t17-,18+/m1/s1. The predicted octanol–water partition coefficient (Wildman–Crippen LogP) is 2.49. The Balaban J connectivity index is 1.68. The number of amides is 1. The maximum Gasteiger partial charge on any atom is 0.241 e. The van der Waals surface area contributed by atoms with Crippen LogP contribution in [0.1, 0.15) is 5.56 Å². The zero-order valence-corrected chi connectivity index (χ0v) is 16.0. The van der Waals surface area contributed by atoms with E-state index in [1.165, 1.54) is 6.07 Å². The van der Waals surface area contributed by atoms with Crippen LogP contribution in [0.5, 0.6) is 0 Å². The first-order valence-corrected chi connectivity index (χ1v) is 10.8. The Morgan fingerprint density at radius 2 is 1.70 bits per heavy atom. The van der Waals surface area contributed by atoms with Crippen LogP contribution in [0.15, 0.2) is 48.5 Å². The molecule has 0 spiro atoms. The van der Waals surface area contributed by atoms with Crippen molar-refractivity contribution in [3.63, 3.8) is 0 Å². The number of carbonyl (C=O) groups excluding carboxylic acids is 1. The Labute approximate surface area is 162 Å². The van der Waals surface area contributed by atoms with Gasteiger partial charge in [0.15, 0.2) is 9.84 Å². The third-order valence-electron chi connectivity index (χ3n) is 5.14. The van der Waals surface area contributed by atoms with Gasteiger partial charge in [-0.25, -0.2) is 12.8 Å². The second-order valence-corrected chi connectivity index (χ2v) is 9.54. The predicted molar refractivity (Wildman–Crippen MR) is 102 cm³/mol.